The van der Waals surface area contributed by atoms with Crippen molar-refractivity contribution in [3.05, 3.63) is 35.4 Å². The summed E-state index contributed by atoms with van der Waals surface area (Å²) in [7, 11) is 1.40. The summed E-state index contributed by atoms with van der Waals surface area (Å²) >= 11 is 0. The van der Waals surface area contributed by atoms with Crippen molar-refractivity contribution in [1.29, 1.82) is 0 Å². The fourth-order valence-corrected chi connectivity index (χ4v) is 1.35. The number of hydrogen-bond acceptors (Lipinski definition) is 2. The number of rotatable bonds is 4. The smallest absolute Gasteiger partial charge is 0.337 e. The Balaban J connectivity index is 2.73. The fourth-order valence-electron chi connectivity index (χ4n) is 1.35. The summed E-state index contributed by atoms with van der Waals surface area (Å²) in [6.07, 6.45) is 3.36. The van der Waals surface area contributed by atoms with Crippen LogP contribution in [0.5, 0.6) is 0 Å². The van der Waals surface area contributed by atoms with Gasteiger partial charge in [-0.05, 0) is 30.5 Å². The maximum atomic E-state index is 11.2. The van der Waals surface area contributed by atoms with Crippen LogP contribution in [-0.4, -0.2) is 13.1 Å². The molecule has 2 heteroatoms. The van der Waals surface area contributed by atoms with E-state index in [-0.39, 0.29) is 5.97 Å². The van der Waals surface area contributed by atoms with Crippen LogP contribution in [0.15, 0.2) is 24.3 Å². The van der Waals surface area contributed by atoms with E-state index in [4.69, 9.17) is 0 Å². The average molecular weight is 192 g/mol. The van der Waals surface area contributed by atoms with Crippen LogP contribution >= 0.6 is 0 Å². The monoisotopic (exact) mass is 192 g/mol. The zero-order valence-electron chi connectivity index (χ0n) is 8.75. The Labute approximate surface area is 84.9 Å². The minimum absolute atomic E-state index is 0.261. The van der Waals surface area contributed by atoms with Crippen molar-refractivity contribution < 1.29 is 9.53 Å². The van der Waals surface area contributed by atoms with E-state index in [0.29, 0.717) is 5.56 Å². The first-order chi connectivity index (χ1) is 6.77. The molecule has 1 aromatic carbocycles. The lowest BCUT2D eigenvalue weighted by Crippen LogP contribution is -2.01. The quantitative estimate of drug-likeness (QED) is 0.686. The van der Waals surface area contributed by atoms with E-state index in [9.17, 15) is 4.79 Å². The van der Waals surface area contributed by atoms with Crippen LogP contribution in [0, 0.1) is 0 Å². The first kappa shape index (κ1) is 10.8. The second kappa shape index (κ2) is 5.43. The van der Waals surface area contributed by atoms with Crippen LogP contribution in [0.25, 0.3) is 0 Å². The van der Waals surface area contributed by atoms with Crippen LogP contribution in [0.2, 0.25) is 0 Å². The van der Waals surface area contributed by atoms with E-state index in [2.05, 4.69) is 11.7 Å². The summed E-state index contributed by atoms with van der Waals surface area (Å²) < 4.78 is 4.66. The van der Waals surface area contributed by atoms with Crippen LogP contribution in [0.4, 0.5) is 0 Å². The third-order valence-electron chi connectivity index (χ3n) is 2.17. The van der Waals surface area contributed by atoms with E-state index in [1.54, 1.807) is 6.07 Å². The highest BCUT2D eigenvalue weighted by Crippen LogP contribution is 2.09. The summed E-state index contributed by atoms with van der Waals surface area (Å²) in [5, 5.41) is 0. The summed E-state index contributed by atoms with van der Waals surface area (Å²) in [6.45, 7) is 2.16. The zero-order valence-corrected chi connectivity index (χ0v) is 8.75. The first-order valence-electron chi connectivity index (χ1n) is 4.95. The van der Waals surface area contributed by atoms with Crippen molar-refractivity contribution >= 4 is 5.97 Å². The van der Waals surface area contributed by atoms with Crippen LogP contribution in [0.3, 0.4) is 0 Å². The van der Waals surface area contributed by atoms with Crippen molar-refractivity contribution in [3.8, 4) is 0 Å². The Morgan fingerprint density at radius 1 is 1.43 bits per heavy atom. The van der Waals surface area contributed by atoms with Crippen molar-refractivity contribution in [1.82, 2.24) is 0 Å². The predicted octanol–water partition coefficient (Wildman–Crippen LogP) is 2.82. The lowest BCUT2D eigenvalue weighted by molar-refractivity contribution is 0.0600. The summed E-state index contributed by atoms with van der Waals surface area (Å²) in [6, 6.07) is 7.63. The number of carbonyl (C=O) groups excluding carboxylic acids is 1. The van der Waals surface area contributed by atoms with E-state index in [1.807, 2.05) is 18.2 Å². The largest absolute Gasteiger partial charge is 0.465 e. The number of hydrogen-bond donors (Lipinski definition) is 0. The molecule has 0 unspecified atom stereocenters. The Bertz CT molecular complexity index is 305. The molecule has 0 bridgehead atoms. The molecular formula is C12H16O2. The van der Waals surface area contributed by atoms with Crippen molar-refractivity contribution in [2.45, 2.75) is 26.2 Å². The average Bonchev–Trinajstić information content (AvgIpc) is 2.25. The van der Waals surface area contributed by atoms with E-state index >= 15 is 0 Å². The Hall–Kier alpha value is -1.31. The summed E-state index contributed by atoms with van der Waals surface area (Å²) in [5.74, 6) is -0.261. The third-order valence-corrected chi connectivity index (χ3v) is 2.17. The fraction of sp³-hybridized carbons (Fsp3) is 0.417. The Morgan fingerprint density at radius 2 is 2.21 bits per heavy atom. The van der Waals surface area contributed by atoms with Gasteiger partial charge < -0.3 is 4.74 Å². The van der Waals surface area contributed by atoms with Gasteiger partial charge in [0.05, 0.1) is 12.7 Å². The van der Waals surface area contributed by atoms with Gasteiger partial charge in [-0.25, -0.2) is 4.79 Å². The van der Waals surface area contributed by atoms with Crippen molar-refractivity contribution in [2.75, 3.05) is 7.11 Å². The van der Waals surface area contributed by atoms with Gasteiger partial charge >= 0.3 is 5.97 Å². The third kappa shape index (κ3) is 2.87. The molecule has 0 fully saturated rings. The molecule has 0 aliphatic heterocycles. The minimum atomic E-state index is -0.261. The lowest BCUT2D eigenvalue weighted by atomic mass is 10.1. The predicted molar refractivity (Wildman–Crippen MR) is 56.4 cm³/mol. The standard InChI is InChI=1S/C12H16O2/c1-3-4-6-10-7-5-8-11(9-10)12(13)14-2/h5,7-9H,3-4,6H2,1-2H3. The Morgan fingerprint density at radius 3 is 2.86 bits per heavy atom. The molecule has 0 radical (unpaired) electrons. The van der Waals surface area contributed by atoms with E-state index in [1.165, 1.54) is 19.1 Å². The van der Waals surface area contributed by atoms with E-state index in [0.717, 1.165) is 12.8 Å². The summed E-state index contributed by atoms with van der Waals surface area (Å²) in [4.78, 5) is 11.2. The maximum absolute atomic E-state index is 11.2. The second-order valence-electron chi connectivity index (χ2n) is 3.30. The van der Waals surface area contributed by atoms with Gasteiger partial charge in [0.2, 0.25) is 0 Å². The van der Waals surface area contributed by atoms with Crippen LogP contribution in [-0.2, 0) is 11.2 Å². The molecule has 0 heterocycles. The van der Waals surface area contributed by atoms with Gasteiger partial charge in [-0.1, -0.05) is 25.5 Å². The first-order valence-corrected chi connectivity index (χ1v) is 4.95. The molecule has 0 aliphatic carbocycles. The molecule has 2 nitrogen and oxygen atoms in total. The van der Waals surface area contributed by atoms with Crippen LogP contribution in [0.1, 0.15) is 35.7 Å². The molecule has 1 aromatic rings. The second-order valence-corrected chi connectivity index (χ2v) is 3.30. The molecule has 0 saturated carbocycles. The van der Waals surface area contributed by atoms with Gasteiger partial charge in [-0.3, -0.25) is 0 Å². The number of carbonyl (C=O) groups is 1. The molecule has 0 atom stereocenters. The molecule has 0 aromatic heterocycles. The molecule has 1 rings (SSSR count). The SMILES string of the molecule is CCCCc1cccc(C(=O)OC)c1. The number of benzene rings is 1. The highest BCUT2D eigenvalue weighted by molar-refractivity contribution is 5.89. The van der Waals surface area contributed by atoms with Gasteiger partial charge in [0.25, 0.3) is 0 Å². The molecule has 0 amide bonds. The molecule has 0 spiro atoms. The number of methoxy groups -OCH3 is 1. The summed E-state index contributed by atoms with van der Waals surface area (Å²) in [5.41, 5.74) is 1.84. The van der Waals surface area contributed by atoms with Gasteiger partial charge in [0.1, 0.15) is 0 Å². The highest BCUT2D eigenvalue weighted by atomic mass is 16.5. The number of esters is 1. The molecule has 14 heavy (non-hydrogen) atoms. The molecule has 0 saturated heterocycles. The van der Waals surface area contributed by atoms with Gasteiger partial charge in [-0.2, -0.15) is 0 Å². The van der Waals surface area contributed by atoms with Crippen molar-refractivity contribution in [2.24, 2.45) is 0 Å². The normalized spacial score (nSPS) is 9.86. The number of ether oxygens (including phenoxy) is 1. The Kier molecular flexibility index (Phi) is 4.17. The van der Waals surface area contributed by atoms with Gasteiger partial charge in [-0.15, -0.1) is 0 Å². The number of unbranched alkanes of at least 4 members (excludes halogenated alkanes) is 1. The van der Waals surface area contributed by atoms with Gasteiger partial charge in [0.15, 0.2) is 0 Å². The molecule has 0 aliphatic rings. The molecule has 0 N–H and O–H groups in total. The minimum Gasteiger partial charge on any atom is -0.465 e. The number of aryl methyl sites for hydroxylation is 1. The highest BCUT2D eigenvalue weighted by Gasteiger charge is 2.04. The topological polar surface area (TPSA) is 26.3 Å². The molecular weight excluding hydrogens is 176 g/mol. The van der Waals surface area contributed by atoms with E-state index < -0.39 is 0 Å². The van der Waals surface area contributed by atoms with Crippen LogP contribution < -0.4 is 0 Å². The van der Waals surface area contributed by atoms with Crippen molar-refractivity contribution in [3.63, 3.8) is 0 Å². The van der Waals surface area contributed by atoms with Gasteiger partial charge in [0, 0.05) is 0 Å². The maximum Gasteiger partial charge on any atom is 0.337 e. The zero-order chi connectivity index (χ0) is 10.4. The molecule has 76 valence electrons. The lowest BCUT2D eigenvalue weighted by Gasteiger charge is -2.02.